The summed E-state index contributed by atoms with van der Waals surface area (Å²) in [5.74, 6) is -1.02. The second kappa shape index (κ2) is 6.81. The number of carbonyl (C=O) groups is 2. The topological polar surface area (TPSA) is 66.8 Å². The Balaban J connectivity index is 2.15. The molecule has 22 heavy (non-hydrogen) atoms. The van der Waals surface area contributed by atoms with Gasteiger partial charge in [-0.2, -0.15) is 0 Å². The van der Waals surface area contributed by atoms with Gasteiger partial charge in [0.25, 0.3) is 5.91 Å². The van der Waals surface area contributed by atoms with Crippen LogP contribution in [0.4, 0.5) is 0 Å². The molecule has 1 heterocycles. The first-order chi connectivity index (χ1) is 10.4. The van der Waals surface area contributed by atoms with Gasteiger partial charge in [0, 0.05) is 13.1 Å². The second-order valence-corrected chi connectivity index (χ2v) is 6.07. The summed E-state index contributed by atoms with van der Waals surface area (Å²) in [7, 11) is 0. The number of amides is 1. The lowest BCUT2D eigenvalue weighted by molar-refractivity contribution is -0.141. The number of nitrogens with zero attached hydrogens (tertiary/aromatic N) is 1. The van der Waals surface area contributed by atoms with Crippen molar-refractivity contribution < 1.29 is 19.4 Å². The van der Waals surface area contributed by atoms with E-state index in [0.717, 1.165) is 25.9 Å². The maximum absolute atomic E-state index is 12.5. The molecule has 1 saturated heterocycles. The highest BCUT2D eigenvalue weighted by Crippen LogP contribution is 2.24. The molecule has 5 nitrogen and oxygen atoms in total. The third-order valence-electron chi connectivity index (χ3n) is 3.96. The van der Waals surface area contributed by atoms with Gasteiger partial charge in [0.1, 0.15) is 11.3 Å². The molecule has 1 amide bonds. The van der Waals surface area contributed by atoms with Gasteiger partial charge in [-0.3, -0.25) is 4.79 Å². The van der Waals surface area contributed by atoms with Gasteiger partial charge in [0.05, 0.1) is 0 Å². The van der Waals surface area contributed by atoms with Crippen LogP contribution < -0.4 is 0 Å². The fraction of sp³-hybridized carbons (Fsp3) is 0.529. The number of hydrogen-bond acceptors (Lipinski definition) is 4. The van der Waals surface area contributed by atoms with Crippen molar-refractivity contribution in [2.24, 2.45) is 5.92 Å². The minimum Gasteiger partial charge on any atom is -0.507 e. The van der Waals surface area contributed by atoms with E-state index in [1.54, 1.807) is 24.0 Å². The summed E-state index contributed by atoms with van der Waals surface area (Å²) in [5, 5.41) is 9.97. The molecular weight excluding hydrogens is 282 g/mol. The second-order valence-electron chi connectivity index (χ2n) is 6.07. The van der Waals surface area contributed by atoms with Crippen LogP contribution in [-0.4, -0.2) is 41.1 Å². The molecule has 1 aliphatic heterocycles. The molecule has 2 rings (SSSR count). The van der Waals surface area contributed by atoms with Crippen molar-refractivity contribution in [3.8, 4) is 5.75 Å². The first-order valence-corrected chi connectivity index (χ1v) is 7.70. The van der Waals surface area contributed by atoms with Gasteiger partial charge in [-0.15, -0.1) is 0 Å². The third kappa shape index (κ3) is 3.40. The molecule has 0 unspecified atom stereocenters. The van der Waals surface area contributed by atoms with Crippen LogP contribution in [-0.2, 0) is 9.53 Å². The van der Waals surface area contributed by atoms with Crippen molar-refractivity contribution in [3.05, 3.63) is 29.3 Å². The fourth-order valence-corrected chi connectivity index (χ4v) is 2.59. The maximum atomic E-state index is 12.5. The zero-order valence-corrected chi connectivity index (χ0v) is 13.3. The van der Waals surface area contributed by atoms with Gasteiger partial charge < -0.3 is 14.7 Å². The van der Waals surface area contributed by atoms with Crippen molar-refractivity contribution in [1.82, 2.24) is 4.90 Å². The Labute approximate surface area is 130 Å². The maximum Gasteiger partial charge on any atom is 0.342 e. The molecule has 0 bridgehead atoms. The largest absolute Gasteiger partial charge is 0.507 e. The molecule has 120 valence electrons. The average molecular weight is 305 g/mol. The van der Waals surface area contributed by atoms with Crippen LogP contribution >= 0.6 is 0 Å². The Hall–Kier alpha value is -2.04. The number of para-hydroxylation sites is 1. The van der Waals surface area contributed by atoms with Gasteiger partial charge in [-0.25, -0.2) is 4.79 Å². The predicted molar refractivity (Wildman–Crippen MR) is 82.7 cm³/mol. The summed E-state index contributed by atoms with van der Waals surface area (Å²) in [5.41, 5.74) is 0.696. The number of ether oxygens (including phenoxy) is 1. The van der Waals surface area contributed by atoms with Gasteiger partial charge in [-0.1, -0.05) is 26.0 Å². The highest BCUT2D eigenvalue weighted by molar-refractivity contribution is 5.95. The minimum atomic E-state index is -0.814. The number of phenolic OH excluding ortho intramolecular Hbond substituents is 1. The molecule has 0 radical (unpaired) electrons. The van der Waals surface area contributed by atoms with Crippen molar-refractivity contribution in [2.45, 2.75) is 39.7 Å². The van der Waals surface area contributed by atoms with E-state index in [-0.39, 0.29) is 23.1 Å². The number of benzene rings is 1. The highest BCUT2D eigenvalue weighted by atomic mass is 16.5. The average Bonchev–Trinajstić information content (AvgIpc) is 3.00. The molecule has 1 N–H and O–H groups in total. The normalized spacial score (nSPS) is 15.9. The van der Waals surface area contributed by atoms with Gasteiger partial charge in [-0.05, 0) is 37.3 Å². The fourth-order valence-electron chi connectivity index (χ4n) is 2.59. The van der Waals surface area contributed by atoms with Crippen molar-refractivity contribution in [3.63, 3.8) is 0 Å². The lowest BCUT2D eigenvalue weighted by Gasteiger charge is -2.25. The number of esters is 1. The summed E-state index contributed by atoms with van der Waals surface area (Å²) in [4.78, 5) is 26.5. The molecule has 1 fully saturated rings. The Bertz CT molecular complexity index is 562. The molecule has 1 aromatic rings. The number of carbonyl (C=O) groups excluding carboxylic acids is 2. The zero-order valence-electron chi connectivity index (χ0n) is 13.3. The van der Waals surface area contributed by atoms with Crippen LogP contribution in [0.25, 0.3) is 0 Å². The highest BCUT2D eigenvalue weighted by Gasteiger charge is 2.32. The molecule has 1 aliphatic rings. The van der Waals surface area contributed by atoms with E-state index in [1.807, 2.05) is 13.8 Å². The van der Waals surface area contributed by atoms with Crippen LogP contribution in [0.15, 0.2) is 18.2 Å². The Morgan fingerprint density at radius 2 is 1.86 bits per heavy atom. The van der Waals surface area contributed by atoms with Crippen molar-refractivity contribution in [1.29, 1.82) is 0 Å². The van der Waals surface area contributed by atoms with Crippen LogP contribution in [0.5, 0.6) is 5.75 Å². The zero-order chi connectivity index (χ0) is 16.3. The third-order valence-corrected chi connectivity index (χ3v) is 3.96. The van der Waals surface area contributed by atoms with Crippen LogP contribution in [0.3, 0.4) is 0 Å². The molecular formula is C17H23NO4. The van der Waals surface area contributed by atoms with Crippen LogP contribution in [0.1, 0.15) is 42.6 Å². The van der Waals surface area contributed by atoms with Gasteiger partial charge in [0.2, 0.25) is 0 Å². The van der Waals surface area contributed by atoms with E-state index in [2.05, 4.69) is 0 Å². The number of aromatic hydroxyl groups is 1. The Morgan fingerprint density at radius 1 is 1.23 bits per heavy atom. The summed E-state index contributed by atoms with van der Waals surface area (Å²) in [6.07, 6.45) is 1.16. The smallest absolute Gasteiger partial charge is 0.342 e. The molecule has 0 spiro atoms. The number of rotatable bonds is 4. The number of aryl methyl sites for hydroxylation is 1. The monoisotopic (exact) mass is 305 g/mol. The lowest BCUT2D eigenvalue weighted by atomic mass is 10.1. The van der Waals surface area contributed by atoms with E-state index in [1.165, 1.54) is 6.07 Å². The molecule has 0 aliphatic carbocycles. The van der Waals surface area contributed by atoms with E-state index in [9.17, 15) is 14.7 Å². The first kappa shape index (κ1) is 16.3. The quantitative estimate of drug-likeness (QED) is 0.868. The standard InChI is InChI=1S/C17H23NO4/c1-11(2)15(16(20)18-9-4-5-10-18)22-17(21)13-8-6-7-12(3)14(13)19/h6-8,11,15,19H,4-5,9-10H2,1-3H3/t15-/m1/s1. The van der Waals surface area contributed by atoms with Crippen molar-refractivity contribution >= 4 is 11.9 Å². The number of likely N-dealkylation sites (tertiary alicyclic amines) is 1. The van der Waals surface area contributed by atoms with Crippen LogP contribution in [0.2, 0.25) is 0 Å². The molecule has 1 atom stereocenters. The Morgan fingerprint density at radius 3 is 2.45 bits per heavy atom. The summed E-state index contributed by atoms with van der Waals surface area (Å²) < 4.78 is 5.42. The minimum absolute atomic E-state index is 0.0939. The summed E-state index contributed by atoms with van der Waals surface area (Å²) in [6, 6.07) is 4.89. The lowest BCUT2D eigenvalue weighted by Crippen LogP contribution is -2.42. The van der Waals surface area contributed by atoms with E-state index < -0.39 is 12.1 Å². The van der Waals surface area contributed by atoms with E-state index in [4.69, 9.17) is 4.74 Å². The number of phenols is 1. The van der Waals surface area contributed by atoms with Gasteiger partial charge in [0.15, 0.2) is 6.10 Å². The van der Waals surface area contributed by atoms with Gasteiger partial charge >= 0.3 is 5.97 Å². The van der Waals surface area contributed by atoms with Crippen molar-refractivity contribution in [2.75, 3.05) is 13.1 Å². The molecule has 5 heteroatoms. The van der Waals surface area contributed by atoms with E-state index in [0.29, 0.717) is 5.56 Å². The van der Waals surface area contributed by atoms with Crippen LogP contribution in [0, 0.1) is 12.8 Å². The molecule has 0 aromatic heterocycles. The summed E-state index contributed by atoms with van der Waals surface area (Å²) in [6.45, 7) is 6.84. The predicted octanol–water partition coefficient (Wildman–Crippen LogP) is 2.50. The van der Waals surface area contributed by atoms with E-state index >= 15 is 0 Å². The number of hydrogen-bond donors (Lipinski definition) is 1. The first-order valence-electron chi connectivity index (χ1n) is 7.70. The molecule has 1 aromatic carbocycles. The summed E-state index contributed by atoms with van der Waals surface area (Å²) >= 11 is 0. The Kier molecular flexibility index (Phi) is 5.06. The molecule has 0 saturated carbocycles. The SMILES string of the molecule is Cc1cccc(C(=O)O[C@@H](C(=O)N2CCCC2)C(C)C)c1O.